The molecule has 0 spiro atoms. The smallest absolute Gasteiger partial charge is 0.405 e. The van der Waals surface area contributed by atoms with Crippen LogP contribution in [0.25, 0.3) is 0 Å². The molecule has 1 aromatic carbocycles. The minimum atomic E-state index is -4.88. The first-order valence-electron chi connectivity index (χ1n) is 3.73. The van der Waals surface area contributed by atoms with Gasteiger partial charge < -0.3 is 4.74 Å². The monoisotopic (exact) mass is 221 g/mol. The summed E-state index contributed by atoms with van der Waals surface area (Å²) in [6.45, 7) is 0. The van der Waals surface area contributed by atoms with Crippen molar-refractivity contribution in [1.29, 1.82) is 0 Å². The van der Waals surface area contributed by atoms with Gasteiger partial charge >= 0.3 is 6.36 Å². The van der Waals surface area contributed by atoms with Crippen molar-refractivity contribution in [2.24, 2.45) is 0 Å². The molecule has 1 aromatic rings. The summed E-state index contributed by atoms with van der Waals surface area (Å²) in [7, 11) is 0. The molecular formula is C8H6F3NO3. The molecule has 4 nitrogen and oxygen atoms in total. The summed E-state index contributed by atoms with van der Waals surface area (Å²) >= 11 is 0. The zero-order valence-corrected chi connectivity index (χ0v) is 7.21. The molecule has 1 amide bonds. The highest BCUT2D eigenvalue weighted by molar-refractivity contribution is 5.96. The molecule has 2 N–H and O–H groups in total. The second-order valence-corrected chi connectivity index (χ2v) is 2.48. The molecule has 0 bridgehead atoms. The Labute approximate surface area is 82.2 Å². The molecule has 0 unspecified atom stereocenters. The molecule has 0 saturated heterocycles. The lowest BCUT2D eigenvalue weighted by Gasteiger charge is -2.11. The molecule has 0 aliphatic rings. The Hall–Kier alpha value is -1.76. The van der Waals surface area contributed by atoms with Gasteiger partial charge in [-0.25, -0.2) is 5.48 Å². The van der Waals surface area contributed by atoms with Crippen LogP contribution in [-0.2, 0) is 0 Å². The highest BCUT2D eigenvalue weighted by Crippen LogP contribution is 2.25. The Balaban J connectivity index is 3.02. The molecule has 7 heteroatoms. The molecule has 1 rings (SSSR count). The first-order chi connectivity index (χ1) is 6.94. The molecule has 0 aromatic heterocycles. The zero-order valence-electron chi connectivity index (χ0n) is 7.21. The summed E-state index contributed by atoms with van der Waals surface area (Å²) < 4.78 is 39.2. The molecule has 0 aliphatic carbocycles. The number of para-hydroxylation sites is 1. The summed E-state index contributed by atoms with van der Waals surface area (Å²) in [5.74, 6) is -1.74. The summed E-state index contributed by atoms with van der Waals surface area (Å²) in [5, 5.41) is 8.27. The van der Waals surface area contributed by atoms with Crippen LogP contribution in [0.2, 0.25) is 0 Å². The van der Waals surface area contributed by atoms with Gasteiger partial charge in [0, 0.05) is 0 Å². The fourth-order valence-electron chi connectivity index (χ4n) is 0.928. The number of carbonyl (C=O) groups is 1. The largest absolute Gasteiger partial charge is 0.573 e. The number of benzene rings is 1. The quantitative estimate of drug-likeness (QED) is 0.590. The third-order valence-electron chi connectivity index (χ3n) is 1.46. The maximum atomic E-state index is 11.9. The normalized spacial score (nSPS) is 10.9. The van der Waals surface area contributed by atoms with Gasteiger partial charge in [-0.3, -0.25) is 10.0 Å². The summed E-state index contributed by atoms with van der Waals surface area (Å²) in [4.78, 5) is 10.9. The molecule has 15 heavy (non-hydrogen) atoms. The van der Waals surface area contributed by atoms with E-state index in [2.05, 4.69) is 4.74 Å². The van der Waals surface area contributed by atoms with E-state index in [0.29, 0.717) is 0 Å². The fourth-order valence-corrected chi connectivity index (χ4v) is 0.928. The van der Waals surface area contributed by atoms with Gasteiger partial charge in [0.2, 0.25) is 0 Å². The first-order valence-corrected chi connectivity index (χ1v) is 3.73. The number of carbonyl (C=O) groups excluding carboxylic acids is 1. The molecule has 0 atom stereocenters. The number of alkyl halides is 3. The number of amides is 1. The van der Waals surface area contributed by atoms with Crippen molar-refractivity contribution in [1.82, 2.24) is 5.48 Å². The lowest BCUT2D eigenvalue weighted by atomic mass is 10.2. The molecule has 0 saturated carbocycles. The van der Waals surface area contributed by atoms with Crippen molar-refractivity contribution in [2.45, 2.75) is 6.36 Å². The van der Waals surface area contributed by atoms with Crippen LogP contribution in [0, 0.1) is 0 Å². The van der Waals surface area contributed by atoms with Gasteiger partial charge in [-0.15, -0.1) is 13.2 Å². The van der Waals surface area contributed by atoms with E-state index in [-0.39, 0.29) is 0 Å². The minimum absolute atomic E-state index is 0.405. The van der Waals surface area contributed by atoms with Crippen LogP contribution in [0.3, 0.4) is 0 Å². The zero-order chi connectivity index (χ0) is 11.5. The predicted octanol–water partition coefficient (Wildman–Crippen LogP) is 1.70. The van der Waals surface area contributed by atoms with Gasteiger partial charge in [-0.05, 0) is 12.1 Å². The summed E-state index contributed by atoms with van der Waals surface area (Å²) in [5.41, 5.74) is 0.816. The van der Waals surface area contributed by atoms with Crippen molar-refractivity contribution in [2.75, 3.05) is 0 Å². The molecular weight excluding hydrogens is 215 g/mol. The SMILES string of the molecule is O=C(NO)c1ccccc1OC(F)(F)F. The Bertz CT molecular complexity index is 364. The second kappa shape index (κ2) is 4.18. The standard InChI is InChI=1S/C8H6F3NO3/c9-8(10,11)15-6-4-2-1-3-5(6)7(13)12-14/h1-4,14H,(H,12,13). The van der Waals surface area contributed by atoms with Crippen molar-refractivity contribution < 1.29 is 27.9 Å². The number of rotatable bonds is 2. The highest BCUT2D eigenvalue weighted by atomic mass is 19.4. The second-order valence-electron chi connectivity index (χ2n) is 2.48. The average Bonchev–Trinajstić information content (AvgIpc) is 2.15. The topological polar surface area (TPSA) is 58.6 Å². The van der Waals surface area contributed by atoms with Crippen LogP contribution in [0.15, 0.2) is 24.3 Å². The van der Waals surface area contributed by atoms with Crippen molar-refractivity contribution in [3.63, 3.8) is 0 Å². The van der Waals surface area contributed by atoms with E-state index in [1.165, 1.54) is 17.6 Å². The van der Waals surface area contributed by atoms with Gasteiger partial charge in [0.05, 0.1) is 5.56 Å². The van der Waals surface area contributed by atoms with E-state index >= 15 is 0 Å². The van der Waals surface area contributed by atoms with Crippen LogP contribution in [0.5, 0.6) is 5.75 Å². The molecule has 0 aliphatic heterocycles. The summed E-state index contributed by atoms with van der Waals surface area (Å²) in [6.07, 6.45) is -4.88. The Morgan fingerprint density at radius 1 is 1.33 bits per heavy atom. The number of ether oxygens (including phenoxy) is 1. The Kier molecular flexibility index (Phi) is 3.15. The van der Waals surface area contributed by atoms with Gasteiger partial charge in [0.25, 0.3) is 5.91 Å². The van der Waals surface area contributed by atoms with Crippen LogP contribution < -0.4 is 10.2 Å². The van der Waals surface area contributed by atoms with Crippen molar-refractivity contribution >= 4 is 5.91 Å². The van der Waals surface area contributed by atoms with Gasteiger partial charge in [0.15, 0.2) is 0 Å². The number of hydrogen-bond acceptors (Lipinski definition) is 3. The van der Waals surface area contributed by atoms with Crippen LogP contribution >= 0.6 is 0 Å². The van der Waals surface area contributed by atoms with Crippen molar-refractivity contribution in [3.05, 3.63) is 29.8 Å². The van der Waals surface area contributed by atoms with E-state index in [9.17, 15) is 18.0 Å². The van der Waals surface area contributed by atoms with Crippen LogP contribution in [-0.4, -0.2) is 17.5 Å². The molecule has 0 heterocycles. The van der Waals surface area contributed by atoms with E-state index < -0.39 is 23.6 Å². The van der Waals surface area contributed by atoms with Crippen LogP contribution in [0.4, 0.5) is 13.2 Å². The third-order valence-corrected chi connectivity index (χ3v) is 1.46. The average molecular weight is 221 g/mol. The maximum absolute atomic E-state index is 11.9. The number of hydroxylamine groups is 1. The highest BCUT2D eigenvalue weighted by Gasteiger charge is 2.32. The lowest BCUT2D eigenvalue weighted by Crippen LogP contribution is -2.23. The lowest BCUT2D eigenvalue weighted by molar-refractivity contribution is -0.274. The number of halogens is 3. The van der Waals surface area contributed by atoms with E-state index in [4.69, 9.17) is 5.21 Å². The fraction of sp³-hybridized carbons (Fsp3) is 0.125. The third kappa shape index (κ3) is 3.13. The summed E-state index contributed by atoms with van der Waals surface area (Å²) in [6, 6.07) is 4.67. The minimum Gasteiger partial charge on any atom is -0.405 e. The van der Waals surface area contributed by atoms with Gasteiger partial charge in [-0.2, -0.15) is 0 Å². The Morgan fingerprint density at radius 3 is 2.47 bits per heavy atom. The van der Waals surface area contributed by atoms with Crippen LogP contribution in [0.1, 0.15) is 10.4 Å². The molecule has 82 valence electrons. The number of hydrogen-bond donors (Lipinski definition) is 2. The number of nitrogens with one attached hydrogen (secondary N) is 1. The van der Waals surface area contributed by atoms with E-state index in [0.717, 1.165) is 12.1 Å². The van der Waals surface area contributed by atoms with Gasteiger partial charge in [-0.1, -0.05) is 12.1 Å². The van der Waals surface area contributed by atoms with E-state index in [1.54, 1.807) is 0 Å². The molecule has 0 fully saturated rings. The van der Waals surface area contributed by atoms with Crippen molar-refractivity contribution in [3.8, 4) is 5.75 Å². The van der Waals surface area contributed by atoms with E-state index in [1.807, 2.05) is 0 Å². The Morgan fingerprint density at radius 2 is 1.93 bits per heavy atom. The van der Waals surface area contributed by atoms with Gasteiger partial charge in [0.1, 0.15) is 5.75 Å². The predicted molar refractivity (Wildman–Crippen MR) is 42.4 cm³/mol. The molecule has 0 radical (unpaired) electrons. The maximum Gasteiger partial charge on any atom is 0.573 e. The first kappa shape index (κ1) is 11.3.